The average molecular weight is 246 g/mol. The molecule has 1 aromatic rings. The summed E-state index contributed by atoms with van der Waals surface area (Å²) in [5.41, 5.74) is 0. The molecule has 1 amide bonds. The molecule has 2 bridgehead atoms. The van der Waals surface area contributed by atoms with Crippen LogP contribution < -0.4 is 10.6 Å². The number of amides is 1. The maximum absolute atomic E-state index is 11.9. The Bertz CT molecular complexity index is 410. The summed E-state index contributed by atoms with van der Waals surface area (Å²) in [4.78, 5) is 11.9. The molecule has 2 saturated heterocycles. The van der Waals surface area contributed by atoms with E-state index in [0.29, 0.717) is 30.2 Å². The third-order valence-corrected chi connectivity index (χ3v) is 3.88. The Balaban J connectivity index is 1.52. The van der Waals surface area contributed by atoms with Gasteiger partial charge >= 0.3 is 0 Å². The second-order valence-electron chi connectivity index (χ2n) is 5.34. The Labute approximate surface area is 106 Å². The summed E-state index contributed by atoms with van der Waals surface area (Å²) in [5.74, 6) is 1.11. The number of nitrogens with zero attached hydrogens (tertiary/aromatic N) is 2. The number of rotatable bonds is 3. The van der Waals surface area contributed by atoms with Crippen LogP contribution in [0.25, 0.3) is 0 Å². The lowest BCUT2D eigenvalue weighted by atomic mass is 9.89. The van der Waals surface area contributed by atoms with Crippen LogP contribution in [0.2, 0.25) is 0 Å². The summed E-state index contributed by atoms with van der Waals surface area (Å²) in [5, 5.41) is 14.0. The summed E-state index contributed by atoms with van der Waals surface area (Å²) in [6.07, 6.45) is 7.00. The van der Waals surface area contributed by atoms with Gasteiger partial charge in [-0.05, 0) is 43.7 Å². The van der Waals surface area contributed by atoms with Crippen LogP contribution in [0.15, 0.2) is 18.3 Å². The lowest BCUT2D eigenvalue weighted by Gasteiger charge is -2.28. The fourth-order valence-corrected chi connectivity index (χ4v) is 3.17. The maximum atomic E-state index is 11.9. The van der Waals surface area contributed by atoms with Gasteiger partial charge in [-0.3, -0.25) is 4.79 Å². The molecule has 2 unspecified atom stereocenters. The van der Waals surface area contributed by atoms with Crippen molar-refractivity contribution in [2.75, 3.05) is 5.32 Å². The van der Waals surface area contributed by atoms with E-state index in [1.165, 1.54) is 12.8 Å². The zero-order valence-corrected chi connectivity index (χ0v) is 10.3. The van der Waals surface area contributed by atoms with Gasteiger partial charge in [-0.25, -0.2) is 0 Å². The highest BCUT2D eigenvalue weighted by atomic mass is 16.1. The molecule has 96 valence electrons. The first-order valence-electron chi connectivity index (χ1n) is 6.63. The van der Waals surface area contributed by atoms with Gasteiger partial charge < -0.3 is 10.6 Å². The third kappa shape index (κ3) is 2.67. The molecule has 2 atom stereocenters. The van der Waals surface area contributed by atoms with E-state index in [1.807, 2.05) is 0 Å². The van der Waals surface area contributed by atoms with Crippen molar-refractivity contribution in [3.8, 4) is 0 Å². The predicted octanol–water partition coefficient (Wildman–Crippen LogP) is 1.34. The van der Waals surface area contributed by atoms with E-state index < -0.39 is 0 Å². The Hall–Kier alpha value is -1.49. The number of carbonyl (C=O) groups excluding carboxylic acids is 1. The second kappa shape index (κ2) is 5.02. The quantitative estimate of drug-likeness (QED) is 0.844. The first-order chi connectivity index (χ1) is 8.79. The van der Waals surface area contributed by atoms with Crippen molar-refractivity contribution in [2.24, 2.45) is 5.92 Å². The molecule has 2 aliphatic rings. The Morgan fingerprint density at radius 2 is 2.17 bits per heavy atom. The maximum Gasteiger partial charge on any atom is 0.225 e. The predicted molar refractivity (Wildman–Crippen MR) is 67.9 cm³/mol. The highest BCUT2D eigenvalue weighted by Gasteiger charge is 2.34. The highest BCUT2D eigenvalue weighted by molar-refractivity contribution is 5.89. The van der Waals surface area contributed by atoms with Crippen LogP contribution in [0, 0.1) is 5.92 Å². The fourth-order valence-electron chi connectivity index (χ4n) is 3.17. The summed E-state index contributed by atoms with van der Waals surface area (Å²) in [7, 11) is 0. The van der Waals surface area contributed by atoms with Gasteiger partial charge in [-0.15, -0.1) is 5.10 Å². The minimum absolute atomic E-state index is 0.0572. The molecular weight excluding hydrogens is 228 g/mol. The average Bonchev–Trinajstić information content (AvgIpc) is 2.70. The van der Waals surface area contributed by atoms with Gasteiger partial charge in [0, 0.05) is 24.7 Å². The van der Waals surface area contributed by atoms with Crippen LogP contribution >= 0.6 is 0 Å². The highest BCUT2D eigenvalue weighted by Crippen LogP contribution is 2.32. The molecule has 5 heteroatoms. The van der Waals surface area contributed by atoms with Gasteiger partial charge in [-0.2, -0.15) is 5.10 Å². The number of carbonyl (C=O) groups is 1. The van der Waals surface area contributed by atoms with Gasteiger partial charge in [0.25, 0.3) is 0 Å². The van der Waals surface area contributed by atoms with Crippen LogP contribution in [0.4, 0.5) is 5.82 Å². The largest absolute Gasteiger partial charge is 0.311 e. The van der Waals surface area contributed by atoms with E-state index in [1.54, 1.807) is 18.3 Å². The Morgan fingerprint density at radius 1 is 1.39 bits per heavy atom. The van der Waals surface area contributed by atoms with Crippen LogP contribution in [0.3, 0.4) is 0 Å². The van der Waals surface area contributed by atoms with Crippen LogP contribution in [-0.4, -0.2) is 28.2 Å². The van der Waals surface area contributed by atoms with Crippen molar-refractivity contribution < 1.29 is 4.79 Å². The molecule has 1 aromatic heterocycles. The van der Waals surface area contributed by atoms with Crippen molar-refractivity contribution in [3.05, 3.63) is 18.3 Å². The number of hydrogen-bond acceptors (Lipinski definition) is 4. The summed E-state index contributed by atoms with van der Waals surface area (Å²) < 4.78 is 0. The van der Waals surface area contributed by atoms with Gasteiger partial charge in [0.05, 0.1) is 0 Å². The van der Waals surface area contributed by atoms with Gasteiger partial charge in [0.15, 0.2) is 5.82 Å². The molecule has 2 aliphatic heterocycles. The number of aromatic nitrogens is 2. The molecule has 0 saturated carbocycles. The zero-order valence-electron chi connectivity index (χ0n) is 10.3. The van der Waals surface area contributed by atoms with E-state index in [-0.39, 0.29) is 5.91 Å². The molecule has 2 N–H and O–H groups in total. The molecule has 0 radical (unpaired) electrons. The van der Waals surface area contributed by atoms with E-state index in [9.17, 15) is 4.79 Å². The molecule has 0 aliphatic carbocycles. The fraction of sp³-hybridized carbons (Fsp3) is 0.615. The first-order valence-corrected chi connectivity index (χ1v) is 6.63. The molecule has 2 fully saturated rings. The Morgan fingerprint density at radius 3 is 2.83 bits per heavy atom. The number of nitrogens with one attached hydrogen (secondary N) is 2. The van der Waals surface area contributed by atoms with Gasteiger partial charge in [0.2, 0.25) is 5.91 Å². The second-order valence-corrected chi connectivity index (χ2v) is 5.34. The molecule has 3 rings (SSSR count). The first kappa shape index (κ1) is 11.6. The zero-order chi connectivity index (χ0) is 12.4. The smallest absolute Gasteiger partial charge is 0.225 e. The van der Waals surface area contributed by atoms with E-state index in [0.717, 1.165) is 12.8 Å². The Kier molecular flexibility index (Phi) is 3.23. The summed E-state index contributed by atoms with van der Waals surface area (Å²) in [6.45, 7) is 0. The molecule has 0 spiro atoms. The van der Waals surface area contributed by atoms with Gasteiger partial charge in [0.1, 0.15) is 0 Å². The number of piperidine rings is 1. The molecule has 18 heavy (non-hydrogen) atoms. The monoisotopic (exact) mass is 246 g/mol. The van der Waals surface area contributed by atoms with Gasteiger partial charge in [-0.1, -0.05) is 0 Å². The van der Waals surface area contributed by atoms with E-state index in [4.69, 9.17) is 0 Å². The summed E-state index contributed by atoms with van der Waals surface area (Å²) >= 11 is 0. The molecule has 3 heterocycles. The summed E-state index contributed by atoms with van der Waals surface area (Å²) in [6, 6.07) is 4.81. The standard InChI is InChI=1S/C13H18N4O/c18-13(16-12-2-1-5-14-17-12)8-9-6-10-3-4-11(7-9)15-10/h1-2,5,9-11,15H,3-4,6-8H2,(H,16,17,18). The molecule has 0 aromatic carbocycles. The number of anilines is 1. The van der Waals surface area contributed by atoms with Crippen LogP contribution in [0.1, 0.15) is 32.1 Å². The lowest BCUT2D eigenvalue weighted by Crippen LogP contribution is -2.39. The minimum Gasteiger partial charge on any atom is -0.311 e. The van der Waals surface area contributed by atoms with Crippen LogP contribution in [0.5, 0.6) is 0 Å². The van der Waals surface area contributed by atoms with Crippen molar-refractivity contribution in [2.45, 2.75) is 44.2 Å². The minimum atomic E-state index is 0.0572. The topological polar surface area (TPSA) is 66.9 Å². The normalized spacial score (nSPS) is 30.1. The molecular formula is C13H18N4O. The molecule has 5 nitrogen and oxygen atoms in total. The van der Waals surface area contributed by atoms with Crippen molar-refractivity contribution in [1.29, 1.82) is 0 Å². The number of fused-ring (bicyclic) bond motifs is 2. The van der Waals surface area contributed by atoms with Crippen molar-refractivity contribution in [3.63, 3.8) is 0 Å². The SMILES string of the molecule is O=C(CC1CC2CCC(C1)N2)Nc1cccnn1. The van der Waals surface area contributed by atoms with Crippen LogP contribution in [-0.2, 0) is 4.79 Å². The lowest BCUT2D eigenvalue weighted by molar-refractivity contribution is -0.117. The van der Waals surface area contributed by atoms with E-state index >= 15 is 0 Å². The van der Waals surface area contributed by atoms with Crippen molar-refractivity contribution in [1.82, 2.24) is 15.5 Å². The van der Waals surface area contributed by atoms with Crippen molar-refractivity contribution >= 4 is 11.7 Å². The number of hydrogen-bond donors (Lipinski definition) is 2. The third-order valence-electron chi connectivity index (χ3n) is 3.88. The van der Waals surface area contributed by atoms with E-state index in [2.05, 4.69) is 20.8 Å².